The summed E-state index contributed by atoms with van der Waals surface area (Å²) in [6.45, 7) is 0.789. The van der Waals surface area contributed by atoms with Gasteiger partial charge in [0.1, 0.15) is 5.75 Å². The van der Waals surface area contributed by atoms with E-state index in [9.17, 15) is 4.79 Å². The standard InChI is InChI=1S/C14H19NO3/c1-18-13-4-2-10(3-5-13)8-12-9-11(14(16)17)6-7-15-12/h2-5,11-12,15H,6-9H2,1H3,(H,16,17). The van der Waals surface area contributed by atoms with Gasteiger partial charge in [0.25, 0.3) is 0 Å². The molecule has 1 aliphatic rings. The molecule has 1 heterocycles. The molecular weight excluding hydrogens is 230 g/mol. The number of hydrogen-bond donors (Lipinski definition) is 2. The maximum absolute atomic E-state index is 11.0. The number of benzene rings is 1. The van der Waals surface area contributed by atoms with Crippen LogP contribution in [0.25, 0.3) is 0 Å². The smallest absolute Gasteiger partial charge is 0.306 e. The Morgan fingerprint density at radius 2 is 2.17 bits per heavy atom. The van der Waals surface area contributed by atoms with Gasteiger partial charge in [-0.2, -0.15) is 0 Å². The van der Waals surface area contributed by atoms with Gasteiger partial charge in [0.2, 0.25) is 0 Å². The molecule has 4 heteroatoms. The Morgan fingerprint density at radius 3 is 2.78 bits per heavy atom. The van der Waals surface area contributed by atoms with Crippen LogP contribution in [0.5, 0.6) is 5.75 Å². The number of aliphatic carboxylic acids is 1. The fourth-order valence-electron chi connectivity index (χ4n) is 2.43. The molecule has 1 saturated heterocycles. The van der Waals surface area contributed by atoms with Crippen LogP contribution in [0.4, 0.5) is 0 Å². The number of hydrogen-bond acceptors (Lipinski definition) is 3. The molecule has 1 aromatic carbocycles. The molecule has 2 unspecified atom stereocenters. The van der Waals surface area contributed by atoms with Crippen LogP contribution in [-0.2, 0) is 11.2 Å². The molecule has 0 bridgehead atoms. The molecule has 1 fully saturated rings. The predicted molar refractivity (Wildman–Crippen MR) is 68.8 cm³/mol. The molecule has 0 aliphatic carbocycles. The Balaban J connectivity index is 1.93. The van der Waals surface area contributed by atoms with Crippen molar-refractivity contribution in [3.63, 3.8) is 0 Å². The molecule has 4 nitrogen and oxygen atoms in total. The maximum Gasteiger partial charge on any atom is 0.306 e. The lowest BCUT2D eigenvalue weighted by Crippen LogP contribution is -2.41. The summed E-state index contributed by atoms with van der Waals surface area (Å²) in [5.41, 5.74) is 1.21. The van der Waals surface area contributed by atoms with Crippen molar-refractivity contribution in [2.75, 3.05) is 13.7 Å². The first-order valence-corrected chi connectivity index (χ1v) is 6.28. The van der Waals surface area contributed by atoms with Gasteiger partial charge in [-0.1, -0.05) is 12.1 Å². The SMILES string of the molecule is COc1ccc(CC2CC(C(=O)O)CCN2)cc1. The summed E-state index contributed by atoms with van der Waals surface area (Å²) >= 11 is 0. The van der Waals surface area contributed by atoms with Crippen molar-refractivity contribution in [2.45, 2.75) is 25.3 Å². The minimum Gasteiger partial charge on any atom is -0.497 e. The molecular formula is C14H19NO3. The molecule has 0 aromatic heterocycles. The maximum atomic E-state index is 11.0. The molecule has 0 amide bonds. The monoisotopic (exact) mass is 249 g/mol. The molecule has 2 rings (SSSR count). The summed E-state index contributed by atoms with van der Waals surface area (Å²) in [6.07, 6.45) is 2.31. The van der Waals surface area contributed by atoms with Crippen molar-refractivity contribution in [2.24, 2.45) is 5.92 Å². The summed E-state index contributed by atoms with van der Waals surface area (Å²) in [5.74, 6) is -0.0236. The van der Waals surface area contributed by atoms with Crippen LogP contribution in [0.15, 0.2) is 24.3 Å². The summed E-state index contributed by atoms with van der Waals surface area (Å²) in [5, 5.41) is 12.4. The van der Waals surface area contributed by atoms with Gasteiger partial charge in [-0.15, -0.1) is 0 Å². The molecule has 1 aliphatic heterocycles. The van der Waals surface area contributed by atoms with E-state index in [1.54, 1.807) is 7.11 Å². The zero-order chi connectivity index (χ0) is 13.0. The third kappa shape index (κ3) is 3.23. The van der Waals surface area contributed by atoms with Gasteiger partial charge in [0, 0.05) is 6.04 Å². The van der Waals surface area contributed by atoms with E-state index in [0.29, 0.717) is 6.42 Å². The van der Waals surface area contributed by atoms with E-state index >= 15 is 0 Å². The summed E-state index contributed by atoms with van der Waals surface area (Å²) in [7, 11) is 1.65. The zero-order valence-corrected chi connectivity index (χ0v) is 10.6. The molecule has 0 spiro atoms. The van der Waals surface area contributed by atoms with Gasteiger partial charge >= 0.3 is 5.97 Å². The van der Waals surface area contributed by atoms with Crippen LogP contribution in [-0.4, -0.2) is 30.8 Å². The van der Waals surface area contributed by atoms with E-state index in [1.165, 1.54) is 5.56 Å². The highest BCUT2D eigenvalue weighted by Gasteiger charge is 2.26. The van der Waals surface area contributed by atoms with E-state index in [2.05, 4.69) is 5.32 Å². The molecule has 98 valence electrons. The van der Waals surface area contributed by atoms with E-state index in [4.69, 9.17) is 9.84 Å². The van der Waals surface area contributed by atoms with Crippen LogP contribution in [0, 0.1) is 5.92 Å². The summed E-state index contributed by atoms with van der Waals surface area (Å²) < 4.78 is 5.11. The van der Waals surface area contributed by atoms with Crippen molar-refractivity contribution in [1.29, 1.82) is 0 Å². The minimum atomic E-state index is -0.670. The van der Waals surface area contributed by atoms with Gasteiger partial charge in [-0.25, -0.2) is 0 Å². The van der Waals surface area contributed by atoms with Crippen LogP contribution in [0.1, 0.15) is 18.4 Å². The van der Waals surface area contributed by atoms with Gasteiger partial charge in [-0.3, -0.25) is 4.79 Å². The first-order chi connectivity index (χ1) is 8.69. The fourth-order valence-corrected chi connectivity index (χ4v) is 2.43. The molecule has 2 N–H and O–H groups in total. The normalized spacial score (nSPS) is 23.6. The topological polar surface area (TPSA) is 58.6 Å². The minimum absolute atomic E-state index is 0.200. The number of ether oxygens (including phenoxy) is 1. The van der Waals surface area contributed by atoms with Gasteiger partial charge in [-0.05, 0) is 43.5 Å². The number of rotatable bonds is 4. The zero-order valence-electron chi connectivity index (χ0n) is 10.6. The molecule has 1 aromatic rings. The summed E-state index contributed by atoms with van der Waals surface area (Å²) in [6, 6.07) is 8.20. The molecule has 0 saturated carbocycles. The Kier molecular flexibility index (Phi) is 4.20. The lowest BCUT2D eigenvalue weighted by Gasteiger charge is -2.28. The average Bonchev–Trinajstić information content (AvgIpc) is 2.40. The Labute approximate surface area is 107 Å². The molecule has 2 atom stereocenters. The first kappa shape index (κ1) is 12.9. The van der Waals surface area contributed by atoms with Crippen LogP contribution < -0.4 is 10.1 Å². The lowest BCUT2D eigenvalue weighted by molar-refractivity contribution is -0.142. The number of nitrogens with one attached hydrogen (secondary N) is 1. The van der Waals surface area contributed by atoms with Gasteiger partial charge in [0.05, 0.1) is 13.0 Å². The molecule has 18 heavy (non-hydrogen) atoms. The number of carbonyl (C=O) groups is 1. The van der Waals surface area contributed by atoms with Crippen molar-refractivity contribution >= 4 is 5.97 Å². The highest BCUT2D eigenvalue weighted by atomic mass is 16.5. The second-order valence-electron chi connectivity index (χ2n) is 4.76. The second-order valence-corrected chi connectivity index (χ2v) is 4.76. The van der Waals surface area contributed by atoms with E-state index in [0.717, 1.165) is 25.1 Å². The Bertz CT molecular complexity index is 402. The van der Waals surface area contributed by atoms with Crippen molar-refractivity contribution < 1.29 is 14.6 Å². The highest BCUT2D eigenvalue weighted by Crippen LogP contribution is 2.20. The Hall–Kier alpha value is -1.55. The predicted octanol–water partition coefficient (Wildman–Crippen LogP) is 1.69. The van der Waals surface area contributed by atoms with Gasteiger partial charge in [0.15, 0.2) is 0 Å². The third-order valence-corrected chi connectivity index (χ3v) is 3.49. The highest BCUT2D eigenvalue weighted by molar-refractivity contribution is 5.70. The number of piperidine rings is 1. The van der Waals surface area contributed by atoms with Crippen LogP contribution in [0.2, 0.25) is 0 Å². The molecule has 0 radical (unpaired) electrons. The second kappa shape index (κ2) is 5.87. The number of carboxylic acid groups (broad SMARTS) is 1. The third-order valence-electron chi connectivity index (χ3n) is 3.49. The fraction of sp³-hybridized carbons (Fsp3) is 0.500. The summed E-state index contributed by atoms with van der Waals surface area (Å²) in [4.78, 5) is 11.0. The average molecular weight is 249 g/mol. The van der Waals surface area contributed by atoms with Crippen molar-refractivity contribution in [1.82, 2.24) is 5.32 Å². The quantitative estimate of drug-likeness (QED) is 0.852. The van der Waals surface area contributed by atoms with E-state index in [1.807, 2.05) is 24.3 Å². The van der Waals surface area contributed by atoms with Crippen molar-refractivity contribution in [3.8, 4) is 5.75 Å². The number of carboxylic acids is 1. The number of methoxy groups -OCH3 is 1. The first-order valence-electron chi connectivity index (χ1n) is 6.28. The van der Waals surface area contributed by atoms with E-state index < -0.39 is 5.97 Å². The van der Waals surface area contributed by atoms with E-state index in [-0.39, 0.29) is 12.0 Å². The Morgan fingerprint density at radius 1 is 1.44 bits per heavy atom. The largest absolute Gasteiger partial charge is 0.497 e. The van der Waals surface area contributed by atoms with Crippen LogP contribution in [0.3, 0.4) is 0 Å². The lowest BCUT2D eigenvalue weighted by atomic mass is 9.89. The van der Waals surface area contributed by atoms with Crippen LogP contribution >= 0.6 is 0 Å². The van der Waals surface area contributed by atoms with Gasteiger partial charge < -0.3 is 15.2 Å². The van der Waals surface area contributed by atoms with Crippen molar-refractivity contribution in [3.05, 3.63) is 29.8 Å².